The number of esters is 1. The topological polar surface area (TPSA) is 63.2 Å². The summed E-state index contributed by atoms with van der Waals surface area (Å²) in [7, 11) is 0. The number of hydrogen-bond acceptors (Lipinski definition) is 6. The molecular weight excluding hydrogens is 312 g/mol. The molecule has 0 aliphatic carbocycles. The highest BCUT2D eigenvalue weighted by Crippen LogP contribution is 2.45. The Morgan fingerprint density at radius 3 is 2.58 bits per heavy atom. The summed E-state index contributed by atoms with van der Waals surface area (Å²) in [6, 6.07) is 9.76. The van der Waals surface area contributed by atoms with Crippen LogP contribution in [-0.2, 0) is 35.1 Å². The number of carbonyl (C=O) groups excluding carboxylic acids is 1. The SMILES string of the molecule is CC(=O)O[C@H]1[C@@H](OCc2ccccc2)O[C@H](C)[C@@]12COC(C)(C)O2. The van der Waals surface area contributed by atoms with Crippen molar-refractivity contribution >= 4 is 5.97 Å². The Morgan fingerprint density at radius 2 is 2.00 bits per heavy atom. The zero-order chi connectivity index (χ0) is 17.4. The van der Waals surface area contributed by atoms with E-state index in [1.165, 1.54) is 6.92 Å². The molecule has 2 aliphatic rings. The average molecular weight is 336 g/mol. The third-order valence-electron chi connectivity index (χ3n) is 4.39. The molecule has 24 heavy (non-hydrogen) atoms. The van der Waals surface area contributed by atoms with E-state index in [-0.39, 0.29) is 12.7 Å². The Morgan fingerprint density at radius 1 is 1.29 bits per heavy atom. The van der Waals surface area contributed by atoms with Crippen LogP contribution in [-0.4, -0.2) is 42.5 Å². The molecule has 2 saturated heterocycles. The molecule has 2 fully saturated rings. The van der Waals surface area contributed by atoms with E-state index in [9.17, 15) is 4.79 Å². The highest BCUT2D eigenvalue weighted by molar-refractivity contribution is 5.66. The molecule has 1 aromatic rings. The van der Waals surface area contributed by atoms with Gasteiger partial charge in [-0.3, -0.25) is 4.79 Å². The molecule has 0 saturated carbocycles. The van der Waals surface area contributed by atoms with Crippen molar-refractivity contribution in [2.45, 2.75) is 64.2 Å². The maximum Gasteiger partial charge on any atom is 0.303 e. The standard InChI is InChI=1S/C18H24O6/c1-12-18(11-21-17(3,4)24-18)15(23-13(2)19)16(22-12)20-10-14-8-6-5-7-9-14/h5-9,12,15-16H,10-11H2,1-4H3/t12-,15+,16+,18+/m1/s1. The zero-order valence-corrected chi connectivity index (χ0v) is 14.5. The van der Waals surface area contributed by atoms with Gasteiger partial charge < -0.3 is 23.7 Å². The van der Waals surface area contributed by atoms with E-state index in [0.717, 1.165) is 5.56 Å². The van der Waals surface area contributed by atoms with Crippen LogP contribution in [0, 0.1) is 0 Å². The highest BCUT2D eigenvalue weighted by Gasteiger charge is 2.64. The molecule has 6 nitrogen and oxygen atoms in total. The van der Waals surface area contributed by atoms with Crippen molar-refractivity contribution in [3.05, 3.63) is 35.9 Å². The minimum absolute atomic E-state index is 0.282. The van der Waals surface area contributed by atoms with Crippen LogP contribution in [0.15, 0.2) is 30.3 Å². The lowest BCUT2D eigenvalue weighted by Crippen LogP contribution is -2.52. The third kappa shape index (κ3) is 3.32. The Kier molecular flexibility index (Phi) is 4.66. The third-order valence-corrected chi connectivity index (χ3v) is 4.39. The Hall–Kier alpha value is -1.47. The van der Waals surface area contributed by atoms with E-state index in [0.29, 0.717) is 6.61 Å². The highest BCUT2D eigenvalue weighted by atomic mass is 16.8. The van der Waals surface area contributed by atoms with Crippen LogP contribution in [0.4, 0.5) is 0 Å². The number of hydrogen-bond donors (Lipinski definition) is 0. The monoisotopic (exact) mass is 336 g/mol. The molecule has 4 atom stereocenters. The normalized spacial score (nSPS) is 34.6. The molecular formula is C18H24O6. The second-order valence-corrected chi connectivity index (χ2v) is 6.72. The molecule has 0 radical (unpaired) electrons. The summed E-state index contributed by atoms with van der Waals surface area (Å²) < 4.78 is 29.2. The molecule has 0 aromatic heterocycles. The van der Waals surface area contributed by atoms with Gasteiger partial charge in [-0.2, -0.15) is 0 Å². The summed E-state index contributed by atoms with van der Waals surface area (Å²) in [5.41, 5.74) is 0.150. The minimum Gasteiger partial charge on any atom is -0.454 e. The fourth-order valence-corrected chi connectivity index (χ4v) is 3.21. The molecule has 132 valence electrons. The summed E-state index contributed by atoms with van der Waals surface area (Å²) in [5.74, 6) is -1.16. The lowest BCUT2D eigenvalue weighted by molar-refractivity contribution is -0.206. The molecule has 6 heteroatoms. The quantitative estimate of drug-likeness (QED) is 0.787. The van der Waals surface area contributed by atoms with E-state index < -0.39 is 29.8 Å². The van der Waals surface area contributed by atoms with Gasteiger partial charge in [0.1, 0.15) is 0 Å². The van der Waals surface area contributed by atoms with Gasteiger partial charge in [0.25, 0.3) is 0 Å². The van der Waals surface area contributed by atoms with Gasteiger partial charge in [-0.15, -0.1) is 0 Å². The molecule has 2 heterocycles. The fraction of sp³-hybridized carbons (Fsp3) is 0.611. The van der Waals surface area contributed by atoms with Gasteiger partial charge in [0.15, 0.2) is 23.8 Å². The first-order valence-corrected chi connectivity index (χ1v) is 8.15. The first-order valence-electron chi connectivity index (χ1n) is 8.15. The van der Waals surface area contributed by atoms with Crippen molar-refractivity contribution in [1.29, 1.82) is 0 Å². The molecule has 0 bridgehead atoms. The largest absolute Gasteiger partial charge is 0.454 e. The van der Waals surface area contributed by atoms with E-state index in [4.69, 9.17) is 23.7 Å². The van der Waals surface area contributed by atoms with Crippen LogP contribution in [0.1, 0.15) is 33.3 Å². The van der Waals surface area contributed by atoms with Gasteiger partial charge in [-0.1, -0.05) is 30.3 Å². The maximum atomic E-state index is 11.6. The Bertz CT molecular complexity index is 586. The van der Waals surface area contributed by atoms with E-state index in [1.807, 2.05) is 51.1 Å². The van der Waals surface area contributed by atoms with Crippen LogP contribution in [0.3, 0.4) is 0 Å². The second-order valence-electron chi connectivity index (χ2n) is 6.72. The van der Waals surface area contributed by atoms with Crippen molar-refractivity contribution < 1.29 is 28.5 Å². The van der Waals surface area contributed by atoms with Crippen molar-refractivity contribution in [3.63, 3.8) is 0 Å². The predicted octanol–water partition coefficient (Wildman–Crippen LogP) is 2.40. The molecule has 3 rings (SSSR count). The zero-order valence-electron chi connectivity index (χ0n) is 14.5. The molecule has 0 amide bonds. The number of rotatable bonds is 4. The van der Waals surface area contributed by atoms with E-state index >= 15 is 0 Å². The average Bonchev–Trinajstić information content (AvgIpc) is 2.98. The van der Waals surface area contributed by atoms with Crippen molar-refractivity contribution in [1.82, 2.24) is 0 Å². The predicted molar refractivity (Wildman–Crippen MR) is 85.0 cm³/mol. The summed E-state index contributed by atoms with van der Waals surface area (Å²) >= 11 is 0. The van der Waals surface area contributed by atoms with Gasteiger partial charge in [-0.25, -0.2) is 0 Å². The first-order chi connectivity index (χ1) is 11.3. The lowest BCUT2D eigenvalue weighted by Gasteiger charge is -2.32. The maximum absolute atomic E-state index is 11.6. The molecule has 2 aliphatic heterocycles. The molecule has 0 N–H and O–H groups in total. The van der Waals surface area contributed by atoms with Gasteiger partial charge >= 0.3 is 5.97 Å². The summed E-state index contributed by atoms with van der Waals surface area (Å²) in [6.45, 7) is 7.55. The van der Waals surface area contributed by atoms with Crippen LogP contribution in [0.25, 0.3) is 0 Å². The Balaban J connectivity index is 1.77. The first kappa shape index (κ1) is 17.4. The Labute approximate surface area is 142 Å². The van der Waals surface area contributed by atoms with Crippen LogP contribution >= 0.6 is 0 Å². The van der Waals surface area contributed by atoms with Crippen molar-refractivity contribution in [3.8, 4) is 0 Å². The summed E-state index contributed by atoms with van der Waals surface area (Å²) in [5, 5.41) is 0. The number of ether oxygens (including phenoxy) is 5. The van der Waals surface area contributed by atoms with Crippen LogP contribution in [0.2, 0.25) is 0 Å². The lowest BCUT2D eigenvalue weighted by atomic mass is 9.94. The van der Waals surface area contributed by atoms with Gasteiger partial charge in [0.2, 0.25) is 0 Å². The van der Waals surface area contributed by atoms with E-state index in [2.05, 4.69) is 0 Å². The van der Waals surface area contributed by atoms with Gasteiger partial charge in [0.05, 0.1) is 19.3 Å². The van der Waals surface area contributed by atoms with E-state index in [1.54, 1.807) is 0 Å². The molecule has 1 aromatic carbocycles. The van der Waals surface area contributed by atoms with Gasteiger partial charge in [0, 0.05) is 6.92 Å². The summed E-state index contributed by atoms with van der Waals surface area (Å²) in [4.78, 5) is 11.6. The minimum atomic E-state index is -0.865. The van der Waals surface area contributed by atoms with Crippen molar-refractivity contribution in [2.75, 3.05) is 6.61 Å². The smallest absolute Gasteiger partial charge is 0.303 e. The van der Waals surface area contributed by atoms with Crippen LogP contribution in [0.5, 0.6) is 0 Å². The number of carbonyl (C=O) groups is 1. The fourth-order valence-electron chi connectivity index (χ4n) is 3.21. The van der Waals surface area contributed by atoms with Crippen LogP contribution < -0.4 is 0 Å². The van der Waals surface area contributed by atoms with Crippen molar-refractivity contribution in [2.24, 2.45) is 0 Å². The second kappa shape index (κ2) is 6.44. The molecule has 0 unspecified atom stereocenters. The van der Waals surface area contributed by atoms with Gasteiger partial charge in [-0.05, 0) is 26.3 Å². The summed E-state index contributed by atoms with van der Waals surface area (Å²) in [6.07, 6.45) is -1.72. The molecule has 1 spiro atoms. The number of benzene rings is 1.